The van der Waals surface area contributed by atoms with Gasteiger partial charge < -0.3 is 10.5 Å². The Morgan fingerprint density at radius 1 is 1.53 bits per heavy atom. The van der Waals surface area contributed by atoms with Crippen LogP contribution in [0.4, 0.5) is 0 Å². The fraction of sp³-hybridized carbons (Fsp3) is 0.727. The van der Waals surface area contributed by atoms with E-state index in [1.165, 1.54) is 0 Å². The van der Waals surface area contributed by atoms with E-state index in [-0.39, 0.29) is 18.2 Å². The lowest BCUT2D eigenvalue weighted by Gasteiger charge is -2.10. The second-order valence-corrected chi connectivity index (χ2v) is 4.29. The van der Waals surface area contributed by atoms with E-state index in [0.29, 0.717) is 12.3 Å². The first-order valence-electron chi connectivity index (χ1n) is 5.75. The first-order valence-corrected chi connectivity index (χ1v) is 5.75. The highest BCUT2D eigenvalue weighted by molar-refractivity contribution is 5.76. The molecule has 0 fully saturated rings. The van der Waals surface area contributed by atoms with Gasteiger partial charge in [-0.05, 0) is 12.3 Å². The molecule has 96 valence electrons. The largest absolute Gasteiger partial charge is 0.385 e. The summed E-state index contributed by atoms with van der Waals surface area (Å²) in [5, 5.41) is 8.09. The molecule has 0 aliphatic carbocycles. The van der Waals surface area contributed by atoms with Crippen LogP contribution in [0.15, 0.2) is 0 Å². The molecule has 0 spiro atoms. The normalized spacial score (nSPS) is 11.1. The van der Waals surface area contributed by atoms with E-state index in [1.807, 2.05) is 4.68 Å². The molecule has 1 rings (SSSR count). The lowest BCUT2D eigenvalue weighted by atomic mass is 10.1. The topological polar surface area (TPSA) is 83.0 Å². The van der Waals surface area contributed by atoms with Crippen molar-refractivity contribution in [2.75, 3.05) is 13.7 Å². The highest BCUT2D eigenvalue weighted by Gasteiger charge is 2.17. The average molecular weight is 240 g/mol. The molecule has 0 unspecified atom stereocenters. The van der Waals surface area contributed by atoms with E-state index >= 15 is 0 Å². The number of amides is 1. The van der Waals surface area contributed by atoms with Crippen molar-refractivity contribution in [2.45, 2.75) is 39.2 Å². The molecule has 6 nitrogen and oxygen atoms in total. The Bertz CT molecular complexity index is 374. The molecule has 1 amide bonds. The number of methoxy groups -OCH3 is 1. The number of hydrogen-bond acceptors (Lipinski definition) is 4. The fourth-order valence-electron chi connectivity index (χ4n) is 1.80. The zero-order chi connectivity index (χ0) is 12.8. The van der Waals surface area contributed by atoms with E-state index in [4.69, 9.17) is 10.5 Å². The highest BCUT2D eigenvalue weighted by atomic mass is 16.5. The number of hydrogen-bond donors (Lipinski definition) is 1. The van der Waals surface area contributed by atoms with Crippen molar-refractivity contribution in [3.63, 3.8) is 0 Å². The average Bonchev–Trinajstić information content (AvgIpc) is 2.60. The minimum atomic E-state index is -0.379. The zero-order valence-electron chi connectivity index (χ0n) is 10.6. The summed E-state index contributed by atoms with van der Waals surface area (Å²) in [6, 6.07) is 0. The number of ether oxygens (including phenoxy) is 1. The number of nitrogens with two attached hydrogens (primary N) is 1. The molecule has 0 saturated carbocycles. The monoisotopic (exact) mass is 240 g/mol. The number of aryl methyl sites for hydroxylation is 1. The Kier molecular flexibility index (Phi) is 5.09. The van der Waals surface area contributed by atoms with Crippen molar-refractivity contribution in [2.24, 2.45) is 5.73 Å². The maximum absolute atomic E-state index is 10.9. The molecule has 0 aromatic carbocycles. The van der Waals surface area contributed by atoms with Crippen molar-refractivity contribution in [3.8, 4) is 0 Å². The van der Waals surface area contributed by atoms with Crippen molar-refractivity contribution < 1.29 is 9.53 Å². The van der Waals surface area contributed by atoms with Crippen molar-refractivity contribution in [3.05, 3.63) is 11.4 Å². The molecule has 0 aliphatic heterocycles. The Balaban J connectivity index is 2.82. The SMILES string of the molecule is COCCCn1nnc(CC(N)=O)c1C(C)C. The molecule has 1 aromatic heterocycles. The number of primary amides is 1. The molecule has 17 heavy (non-hydrogen) atoms. The Morgan fingerprint density at radius 2 is 2.24 bits per heavy atom. The molecule has 0 radical (unpaired) electrons. The summed E-state index contributed by atoms with van der Waals surface area (Å²) in [4.78, 5) is 10.9. The molecule has 0 atom stereocenters. The summed E-state index contributed by atoms with van der Waals surface area (Å²) < 4.78 is 6.83. The highest BCUT2D eigenvalue weighted by Crippen LogP contribution is 2.18. The molecule has 6 heteroatoms. The zero-order valence-corrected chi connectivity index (χ0v) is 10.6. The minimum absolute atomic E-state index is 0.151. The predicted molar refractivity (Wildman–Crippen MR) is 63.5 cm³/mol. The molecule has 0 saturated heterocycles. The lowest BCUT2D eigenvalue weighted by Crippen LogP contribution is -2.16. The fourth-order valence-corrected chi connectivity index (χ4v) is 1.80. The van der Waals surface area contributed by atoms with Gasteiger partial charge in [-0.2, -0.15) is 0 Å². The van der Waals surface area contributed by atoms with Gasteiger partial charge in [-0.25, -0.2) is 4.68 Å². The quantitative estimate of drug-likeness (QED) is 0.702. The van der Waals surface area contributed by atoms with Gasteiger partial charge in [0, 0.05) is 20.3 Å². The van der Waals surface area contributed by atoms with Crippen LogP contribution in [0.5, 0.6) is 0 Å². The molecular weight excluding hydrogens is 220 g/mol. The van der Waals surface area contributed by atoms with Gasteiger partial charge in [0.25, 0.3) is 0 Å². The van der Waals surface area contributed by atoms with Crippen LogP contribution in [0.3, 0.4) is 0 Å². The maximum atomic E-state index is 10.9. The Labute approximate surface area is 101 Å². The number of carbonyl (C=O) groups is 1. The Morgan fingerprint density at radius 3 is 2.76 bits per heavy atom. The maximum Gasteiger partial charge on any atom is 0.223 e. The van der Waals surface area contributed by atoms with E-state index in [9.17, 15) is 4.79 Å². The van der Waals surface area contributed by atoms with Crippen LogP contribution in [-0.4, -0.2) is 34.6 Å². The first-order chi connectivity index (χ1) is 8.06. The van der Waals surface area contributed by atoms with Gasteiger partial charge in [-0.1, -0.05) is 19.1 Å². The Hall–Kier alpha value is -1.43. The summed E-state index contributed by atoms with van der Waals surface area (Å²) in [6.45, 7) is 5.53. The third-order valence-electron chi connectivity index (χ3n) is 2.45. The van der Waals surface area contributed by atoms with Crippen molar-refractivity contribution in [1.29, 1.82) is 0 Å². The number of aromatic nitrogens is 3. The van der Waals surface area contributed by atoms with Crippen LogP contribution in [0.25, 0.3) is 0 Å². The van der Waals surface area contributed by atoms with Gasteiger partial charge in [-0.3, -0.25) is 4.79 Å². The molecule has 0 bridgehead atoms. The van der Waals surface area contributed by atoms with Crippen LogP contribution in [0, 0.1) is 0 Å². The molecule has 2 N–H and O–H groups in total. The second kappa shape index (κ2) is 6.34. The summed E-state index contributed by atoms with van der Waals surface area (Å²) in [5.74, 6) is -0.113. The van der Waals surface area contributed by atoms with E-state index in [1.54, 1.807) is 7.11 Å². The first kappa shape index (κ1) is 13.6. The van der Waals surface area contributed by atoms with Gasteiger partial charge in [0.05, 0.1) is 17.8 Å². The number of carbonyl (C=O) groups excluding carboxylic acids is 1. The molecule has 1 aromatic rings. The van der Waals surface area contributed by atoms with Gasteiger partial charge in [0.2, 0.25) is 5.91 Å². The third-order valence-corrected chi connectivity index (χ3v) is 2.45. The summed E-state index contributed by atoms with van der Waals surface area (Å²) in [6.07, 6.45) is 1.02. The summed E-state index contributed by atoms with van der Waals surface area (Å²) >= 11 is 0. The molecule has 1 heterocycles. The van der Waals surface area contributed by atoms with E-state index in [0.717, 1.165) is 18.7 Å². The molecular formula is C11H20N4O2. The van der Waals surface area contributed by atoms with Crippen molar-refractivity contribution >= 4 is 5.91 Å². The van der Waals surface area contributed by atoms with E-state index in [2.05, 4.69) is 24.2 Å². The number of rotatable bonds is 7. The van der Waals surface area contributed by atoms with Crippen LogP contribution in [0.2, 0.25) is 0 Å². The lowest BCUT2D eigenvalue weighted by molar-refractivity contribution is -0.117. The van der Waals surface area contributed by atoms with Crippen LogP contribution < -0.4 is 5.73 Å². The van der Waals surface area contributed by atoms with Crippen LogP contribution >= 0.6 is 0 Å². The van der Waals surface area contributed by atoms with Gasteiger partial charge in [0.15, 0.2) is 0 Å². The smallest absolute Gasteiger partial charge is 0.223 e. The van der Waals surface area contributed by atoms with Crippen molar-refractivity contribution in [1.82, 2.24) is 15.0 Å². The van der Waals surface area contributed by atoms with E-state index < -0.39 is 0 Å². The van der Waals surface area contributed by atoms with Gasteiger partial charge in [0.1, 0.15) is 0 Å². The van der Waals surface area contributed by atoms with Crippen LogP contribution in [-0.2, 0) is 22.5 Å². The third kappa shape index (κ3) is 3.81. The molecule has 0 aliphatic rings. The second-order valence-electron chi connectivity index (χ2n) is 4.29. The summed E-state index contributed by atoms with van der Waals surface area (Å²) in [7, 11) is 1.67. The van der Waals surface area contributed by atoms with Gasteiger partial charge >= 0.3 is 0 Å². The summed E-state index contributed by atoms with van der Waals surface area (Å²) in [5.41, 5.74) is 6.86. The predicted octanol–water partition coefficient (Wildman–Crippen LogP) is 0.466. The van der Waals surface area contributed by atoms with Gasteiger partial charge in [-0.15, -0.1) is 5.10 Å². The number of nitrogens with zero attached hydrogens (tertiary/aromatic N) is 3. The van der Waals surface area contributed by atoms with Crippen LogP contribution in [0.1, 0.15) is 37.6 Å². The minimum Gasteiger partial charge on any atom is -0.385 e. The standard InChI is InChI=1S/C11H20N4O2/c1-8(2)11-9(7-10(12)16)13-14-15(11)5-4-6-17-3/h8H,4-7H2,1-3H3,(H2,12,16).